The van der Waals surface area contributed by atoms with Crippen molar-refractivity contribution in [1.82, 2.24) is 9.62 Å². The third-order valence-corrected chi connectivity index (χ3v) is 5.91. The van der Waals surface area contributed by atoms with Crippen LogP contribution in [0.15, 0.2) is 0 Å². The highest BCUT2D eigenvalue weighted by atomic mass is 32.2. The Balaban J connectivity index is 2.41. The van der Waals surface area contributed by atoms with E-state index in [4.69, 9.17) is 0 Å². The zero-order valence-electron chi connectivity index (χ0n) is 12.9. The molecule has 1 aliphatic heterocycles. The van der Waals surface area contributed by atoms with Crippen LogP contribution in [0.25, 0.3) is 0 Å². The smallest absolute Gasteiger partial charge is 0.215 e. The van der Waals surface area contributed by atoms with Gasteiger partial charge in [-0.2, -0.15) is 0 Å². The molecule has 114 valence electrons. The Morgan fingerprint density at radius 1 is 1.16 bits per heavy atom. The van der Waals surface area contributed by atoms with E-state index in [1.807, 2.05) is 0 Å². The van der Waals surface area contributed by atoms with Crippen LogP contribution in [-0.4, -0.2) is 44.7 Å². The fourth-order valence-electron chi connectivity index (χ4n) is 2.63. The van der Waals surface area contributed by atoms with E-state index in [2.05, 4.69) is 33.0 Å². The monoisotopic (exact) mass is 290 g/mol. The van der Waals surface area contributed by atoms with Crippen molar-refractivity contribution >= 4 is 10.0 Å². The number of nitrogens with one attached hydrogen (secondary N) is 1. The molecule has 19 heavy (non-hydrogen) atoms. The number of hydrogen-bond donors (Lipinski definition) is 1. The first-order chi connectivity index (χ1) is 8.77. The second-order valence-corrected chi connectivity index (χ2v) is 8.69. The molecule has 0 amide bonds. The summed E-state index contributed by atoms with van der Waals surface area (Å²) >= 11 is 0. The molecule has 1 rings (SSSR count). The van der Waals surface area contributed by atoms with E-state index in [1.165, 1.54) is 0 Å². The maximum absolute atomic E-state index is 12.2. The molecule has 1 fully saturated rings. The van der Waals surface area contributed by atoms with Crippen LogP contribution in [0.5, 0.6) is 0 Å². The molecule has 0 aromatic heterocycles. The van der Waals surface area contributed by atoms with Crippen LogP contribution >= 0.6 is 0 Å². The van der Waals surface area contributed by atoms with Crippen LogP contribution in [0.1, 0.15) is 47.0 Å². The van der Waals surface area contributed by atoms with Gasteiger partial charge in [0.2, 0.25) is 10.0 Å². The molecule has 0 bridgehead atoms. The molecule has 1 heterocycles. The van der Waals surface area contributed by atoms with Gasteiger partial charge < -0.3 is 5.32 Å². The number of rotatable bonds is 6. The van der Waals surface area contributed by atoms with Crippen molar-refractivity contribution in [3.8, 4) is 0 Å². The lowest BCUT2D eigenvalue weighted by molar-refractivity contribution is 0.154. The van der Waals surface area contributed by atoms with Gasteiger partial charge in [0.05, 0.1) is 5.75 Å². The zero-order valence-corrected chi connectivity index (χ0v) is 13.7. The van der Waals surface area contributed by atoms with Gasteiger partial charge in [-0.25, -0.2) is 12.7 Å². The standard InChI is InChI=1S/C14H30N2O2S/c1-5-8-15-9-12-19(17,18)16-10-6-13(7-11-16)14(2,3)4/h13,15H,5-12H2,1-4H3. The lowest BCUT2D eigenvalue weighted by atomic mass is 9.76. The first-order valence-electron chi connectivity index (χ1n) is 7.46. The second-order valence-electron chi connectivity index (χ2n) is 6.61. The number of hydrogen-bond acceptors (Lipinski definition) is 3. The molecule has 0 atom stereocenters. The van der Waals surface area contributed by atoms with Crippen molar-refractivity contribution in [1.29, 1.82) is 0 Å². The van der Waals surface area contributed by atoms with Gasteiger partial charge in [-0.1, -0.05) is 27.7 Å². The highest BCUT2D eigenvalue weighted by Gasteiger charge is 2.32. The molecule has 5 heteroatoms. The highest BCUT2D eigenvalue weighted by Crippen LogP contribution is 2.34. The maximum Gasteiger partial charge on any atom is 0.215 e. The molecule has 0 aromatic carbocycles. The molecule has 0 radical (unpaired) electrons. The predicted molar refractivity (Wildman–Crippen MR) is 80.7 cm³/mol. The third kappa shape index (κ3) is 5.40. The summed E-state index contributed by atoms with van der Waals surface area (Å²) < 4.78 is 26.1. The van der Waals surface area contributed by atoms with E-state index in [-0.39, 0.29) is 5.75 Å². The molecular formula is C14H30N2O2S. The van der Waals surface area contributed by atoms with Crippen LogP contribution in [-0.2, 0) is 10.0 Å². The summed E-state index contributed by atoms with van der Waals surface area (Å²) in [5.41, 5.74) is 0.290. The molecule has 0 spiro atoms. The maximum atomic E-state index is 12.2. The minimum Gasteiger partial charge on any atom is -0.316 e. The summed E-state index contributed by atoms with van der Waals surface area (Å²) in [5, 5.41) is 3.16. The van der Waals surface area contributed by atoms with E-state index in [0.717, 1.165) is 25.8 Å². The van der Waals surface area contributed by atoms with Crippen LogP contribution in [0.3, 0.4) is 0 Å². The van der Waals surface area contributed by atoms with Gasteiger partial charge in [0.1, 0.15) is 0 Å². The van der Waals surface area contributed by atoms with Crippen molar-refractivity contribution in [2.75, 3.05) is 31.9 Å². The summed E-state index contributed by atoms with van der Waals surface area (Å²) in [7, 11) is -3.06. The highest BCUT2D eigenvalue weighted by molar-refractivity contribution is 7.89. The fraction of sp³-hybridized carbons (Fsp3) is 1.00. The molecule has 1 aliphatic rings. The van der Waals surface area contributed by atoms with Gasteiger partial charge in [0.15, 0.2) is 0 Å². The van der Waals surface area contributed by atoms with Gasteiger partial charge in [0.25, 0.3) is 0 Å². The summed E-state index contributed by atoms with van der Waals surface area (Å²) in [6.07, 6.45) is 3.02. The minimum atomic E-state index is -3.06. The Kier molecular flexibility index (Phi) is 6.27. The zero-order chi connectivity index (χ0) is 14.5. The largest absolute Gasteiger partial charge is 0.316 e. The van der Waals surface area contributed by atoms with Crippen LogP contribution in [0.2, 0.25) is 0 Å². The van der Waals surface area contributed by atoms with Gasteiger partial charge >= 0.3 is 0 Å². The first-order valence-corrected chi connectivity index (χ1v) is 9.07. The molecule has 0 aliphatic carbocycles. The predicted octanol–water partition coefficient (Wildman–Crippen LogP) is 2.07. The van der Waals surface area contributed by atoms with Crippen molar-refractivity contribution < 1.29 is 8.42 Å². The molecule has 0 aromatic rings. The van der Waals surface area contributed by atoms with Crippen LogP contribution in [0, 0.1) is 11.3 Å². The number of piperidine rings is 1. The van der Waals surface area contributed by atoms with Crippen molar-refractivity contribution in [2.45, 2.75) is 47.0 Å². The molecule has 0 unspecified atom stereocenters. The molecule has 0 saturated carbocycles. The first kappa shape index (κ1) is 16.9. The quantitative estimate of drug-likeness (QED) is 0.762. The summed E-state index contributed by atoms with van der Waals surface area (Å²) in [6, 6.07) is 0. The summed E-state index contributed by atoms with van der Waals surface area (Å²) in [6.45, 7) is 11.7. The van der Waals surface area contributed by atoms with Gasteiger partial charge in [-0.05, 0) is 37.1 Å². The Hall–Kier alpha value is -0.130. The molecule has 1 saturated heterocycles. The Labute approximate surface area is 119 Å². The Morgan fingerprint density at radius 3 is 2.21 bits per heavy atom. The van der Waals surface area contributed by atoms with Gasteiger partial charge in [-0.15, -0.1) is 0 Å². The number of nitrogens with zero attached hydrogens (tertiary/aromatic N) is 1. The number of sulfonamides is 1. The molecular weight excluding hydrogens is 260 g/mol. The Morgan fingerprint density at radius 2 is 1.74 bits per heavy atom. The van der Waals surface area contributed by atoms with E-state index >= 15 is 0 Å². The average molecular weight is 290 g/mol. The minimum absolute atomic E-state index is 0.229. The van der Waals surface area contributed by atoms with Gasteiger partial charge in [-0.3, -0.25) is 0 Å². The fourth-order valence-corrected chi connectivity index (χ4v) is 4.06. The molecule has 4 nitrogen and oxygen atoms in total. The lowest BCUT2D eigenvalue weighted by Crippen LogP contribution is -2.43. The average Bonchev–Trinajstić information content (AvgIpc) is 2.34. The second kappa shape index (κ2) is 7.04. The van der Waals surface area contributed by atoms with Crippen molar-refractivity contribution in [3.63, 3.8) is 0 Å². The van der Waals surface area contributed by atoms with Crippen molar-refractivity contribution in [2.24, 2.45) is 11.3 Å². The van der Waals surface area contributed by atoms with Crippen LogP contribution < -0.4 is 5.32 Å². The summed E-state index contributed by atoms with van der Waals surface area (Å²) in [5.74, 6) is 0.866. The molecule has 1 N–H and O–H groups in total. The van der Waals surface area contributed by atoms with Crippen LogP contribution in [0.4, 0.5) is 0 Å². The van der Waals surface area contributed by atoms with E-state index in [0.29, 0.717) is 31.0 Å². The topological polar surface area (TPSA) is 49.4 Å². The normalized spacial score (nSPS) is 19.8. The van der Waals surface area contributed by atoms with E-state index in [1.54, 1.807) is 4.31 Å². The van der Waals surface area contributed by atoms with E-state index < -0.39 is 10.0 Å². The third-order valence-electron chi connectivity index (χ3n) is 4.04. The van der Waals surface area contributed by atoms with Gasteiger partial charge in [0, 0.05) is 19.6 Å². The lowest BCUT2D eigenvalue weighted by Gasteiger charge is -2.38. The van der Waals surface area contributed by atoms with Crippen molar-refractivity contribution in [3.05, 3.63) is 0 Å². The van der Waals surface area contributed by atoms with E-state index in [9.17, 15) is 8.42 Å². The SMILES string of the molecule is CCCNCCS(=O)(=O)N1CCC(C(C)(C)C)CC1. The Bertz CT molecular complexity index is 352. The summed E-state index contributed by atoms with van der Waals surface area (Å²) in [4.78, 5) is 0.